The van der Waals surface area contributed by atoms with E-state index < -0.39 is 11.6 Å². The normalized spacial score (nSPS) is 20.4. The lowest BCUT2D eigenvalue weighted by atomic mass is 10.1. The lowest BCUT2D eigenvalue weighted by Crippen LogP contribution is -2.55. The molecule has 1 unspecified atom stereocenters. The Hall–Kier alpha value is -1.71. The Balaban J connectivity index is 2.38. The number of likely N-dealkylation sites (N-methyl/N-ethyl adjacent to an activating group) is 1. The maximum absolute atomic E-state index is 14.0. The Bertz CT molecular complexity index is 489. The van der Waals surface area contributed by atoms with Crippen molar-refractivity contribution in [3.63, 3.8) is 0 Å². The Morgan fingerprint density at radius 1 is 1.37 bits per heavy atom. The van der Waals surface area contributed by atoms with Crippen molar-refractivity contribution in [1.29, 1.82) is 5.26 Å². The van der Waals surface area contributed by atoms with Crippen LogP contribution in [0, 0.1) is 23.0 Å². The summed E-state index contributed by atoms with van der Waals surface area (Å²) >= 11 is 0. The lowest BCUT2D eigenvalue weighted by molar-refractivity contribution is 0.267. The highest BCUT2D eigenvalue weighted by atomic mass is 19.1. The first-order valence-corrected chi connectivity index (χ1v) is 6.11. The zero-order valence-corrected chi connectivity index (χ0v) is 10.7. The molecule has 1 heterocycles. The first-order chi connectivity index (χ1) is 9.06. The number of nitriles is 1. The number of nitrogens with two attached hydrogens (primary N) is 1. The summed E-state index contributed by atoms with van der Waals surface area (Å²) in [5.74, 6) is -1.42. The second-order valence-corrected chi connectivity index (χ2v) is 4.75. The van der Waals surface area contributed by atoms with Gasteiger partial charge in [-0.3, -0.25) is 0 Å². The van der Waals surface area contributed by atoms with Gasteiger partial charge in [-0.05, 0) is 19.2 Å². The average molecular weight is 266 g/mol. The summed E-state index contributed by atoms with van der Waals surface area (Å²) in [6.07, 6.45) is 0. The minimum atomic E-state index is -0.709. The van der Waals surface area contributed by atoms with Gasteiger partial charge in [-0.2, -0.15) is 5.26 Å². The third-order valence-corrected chi connectivity index (χ3v) is 3.39. The van der Waals surface area contributed by atoms with Crippen LogP contribution in [0.1, 0.15) is 5.56 Å². The van der Waals surface area contributed by atoms with Crippen molar-refractivity contribution in [2.75, 3.05) is 38.1 Å². The lowest BCUT2D eigenvalue weighted by Gasteiger charge is -2.41. The number of benzene rings is 1. The van der Waals surface area contributed by atoms with E-state index in [9.17, 15) is 8.78 Å². The van der Waals surface area contributed by atoms with Crippen LogP contribution in [0.2, 0.25) is 0 Å². The van der Waals surface area contributed by atoms with E-state index in [1.807, 2.05) is 7.05 Å². The van der Waals surface area contributed by atoms with Crippen LogP contribution in [0.3, 0.4) is 0 Å². The highest BCUT2D eigenvalue weighted by Crippen LogP contribution is 2.27. The highest BCUT2D eigenvalue weighted by molar-refractivity contribution is 5.54. The monoisotopic (exact) mass is 266 g/mol. The van der Waals surface area contributed by atoms with E-state index in [1.54, 1.807) is 11.0 Å². The Labute approximate surface area is 111 Å². The van der Waals surface area contributed by atoms with Crippen LogP contribution in [0.25, 0.3) is 0 Å². The molecule has 1 atom stereocenters. The number of hydrogen-bond acceptors (Lipinski definition) is 4. The summed E-state index contributed by atoms with van der Waals surface area (Å²) in [6.45, 7) is 2.21. The minimum Gasteiger partial charge on any atom is -0.360 e. The van der Waals surface area contributed by atoms with E-state index in [2.05, 4.69) is 4.90 Å². The molecule has 0 aliphatic carbocycles. The van der Waals surface area contributed by atoms with Gasteiger partial charge in [-0.25, -0.2) is 8.78 Å². The summed E-state index contributed by atoms with van der Waals surface area (Å²) in [4.78, 5) is 3.74. The van der Waals surface area contributed by atoms with E-state index in [-0.39, 0.29) is 17.3 Å². The van der Waals surface area contributed by atoms with Crippen molar-refractivity contribution < 1.29 is 8.78 Å². The van der Waals surface area contributed by atoms with Gasteiger partial charge in [0.25, 0.3) is 0 Å². The fourth-order valence-electron chi connectivity index (χ4n) is 2.41. The van der Waals surface area contributed by atoms with Gasteiger partial charge in [-0.15, -0.1) is 0 Å². The molecule has 2 rings (SSSR count). The van der Waals surface area contributed by atoms with Crippen molar-refractivity contribution in [3.8, 4) is 6.07 Å². The molecule has 1 aliphatic rings. The van der Waals surface area contributed by atoms with E-state index in [4.69, 9.17) is 11.0 Å². The second kappa shape index (κ2) is 5.51. The number of rotatable bonds is 2. The van der Waals surface area contributed by atoms with Crippen LogP contribution in [0.5, 0.6) is 0 Å². The van der Waals surface area contributed by atoms with E-state index in [0.717, 1.165) is 18.7 Å². The maximum atomic E-state index is 14.0. The molecule has 0 spiro atoms. The third kappa shape index (κ3) is 2.67. The number of hydrogen-bond donors (Lipinski definition) is 1. The van der Waals surface area contributed by atoms with Crippen LogP contribution in [-0.2, 0) is 0 Å². The predicted octanol–water partition coefficient (Wildman–Crippen LogP) is 0.916. The third-order valence-electron chi connectivity index (χ3n) is 3.39. The molecular formula is C13H16F2N4. The quantitative estimate of drug-likeness (QED) is 0.864. The van der Waals surface area contributed by atoms with Crippen molar-refractivity contribution >= 4 is 5.69 Å². The highest BCUT2D eigenvalue weighted by Gasteiger charge is 2.28. The van der Waals surface area contributed by atoms with E-state index in [0.29, 0.717) is 19.6 Å². The second-order valence-electron chi connectivity index (χ2n) is 4.75. The molecule has 19 heavy (non-hydrogen) atoms. The molecular weight excluding hydrogens is 250 g/mol. The molecule has 1 aromatic rings. The molecule has 102 valence electrons. The number of anilines is 1. The number of nitrogens with zero attached hydrogens (tertiary/aromatic N) is 3. The number of halogens is 2. The Kier molecular flexibility index (Phi) is 3.98. The van der Waals surface area contributed by atoms with E-state index >= 15 is 0 Å². The van der Waals surface area contributed by atoms with Gasteiger partial charge in [0.1, 0.15) is 5.69 Å². The molecule has 0 bridgehead atoms. The summed E-state index contributed by atoms with van der Waals surface area (Å²) in [7, 11) is 1.95. The molecule has 1 fully saturated rings. The first-order valence-electron chi connectivity index (χ1n) is 6.11. The zero-order valence-electron chi connectivity index (χ0n) is 10.7. The smallest absolute Gasteiger partial charge is 0.150 e. The van der Waals surface area contributed by atoms with Crippen molar-refractivity contribution in [2.45, 2.75) is 6.04 Å². The van der Waals surface area contributed by atoms with Crippen molar-refractivity contribution in [2.24, 2.45) is 5.73 Å². The molecule has 4 nitrogen and oxygen atoms in total. The minimum absolute atomic E-state index is 0.0165. The first kappa shape index (κ1) is 13.7. The van der Waals surface area contributed by atoms with Crippen molar-refractivity contribution in [1.82, 2.24) is 4.90 Å². The fraction of sp³-hybridized carbons (Fsp3) is 0.462. The van der Waals surface area contributed by atoms with Gasteiger partial charge in [0, 0.05) is 26.2 Å². The Morgan fingerprint density at radius 3 is 2.53 bits per heavy atom. The van der Waals surface area contributed by atoms with Gasteiger partial charge in [0.05, 0.1) is 17.7 Å². The van der Waals surface area contributed by atoms with Gasteiger partial charge >= 0.3 is 0 Å². The largest absolute Gasteiger partial charge is 0.360 e. The SMILES string of the molecule is CN1CCN(c2c(F)cc(C#N)cc2F)C(CN)C1. The van der Waals surface area contributed by atoms with Crippen LogP contribution < -0.4 is 10.6 Å². The molecule has 2 N–H and O–H groups in total. The van der Waals surface area contributed by atoms with Gasteiger partial charge in [0.15, 0.2) is 11.6 Å². The molecule has 6 heteroatoms. The van der Waals surface area contributed by atoms with Crippen LogP contribution in [0.4, 0.5) is 14.5 Å². The maximum Gasteiger partial charge on any atom is 0.150 e. The topological polar surface area (TPSA) is 56.3 Å². The van der Waals surface area contributed by atoms with Gasteiger partial charge < -0.3 is 15.5 Å². The van der Waals surface area contributed by atoms with Gasteiger partial charge in [-0.1, -0.05) is 0 Å². The fourth-order valence-corrected chi connectivity index (χ4v) is 2.41. The molecule has 0 amide bonds. The standard InChI is InChI=1S/C13H16F2N4/c1-18-2-3-19(10(7-17)8-18)13-11(14)4-9(6-16)5-12(13)15/h4-5,10H,2-3,7-8,17H2,1H3. The molecule has 1 saturated heterocycles. The number of piperazine rings is 1. The van der Waals surface area contributed by atoms with Crippen LogP contribution >= 0.6 is 0 Å². The van der Waals surface area contributed by atoms with Crippen LogP contribution in [0.15, 0.2) is 12.1 Å². The summed E-state index contributed by atoms with van der Waals surface area (Å²) in [5.41, 5.74) is 5.59. The molecule has 0 aromatic heterocycles. The summed E-state index contributed by atoms with van der Waals surface area (Å²) in [6, 6.07) is 3.73. The molecule has 0 saturated carbocycles. The Morgan fingerprint density at radius 2 is 2.00 bits per heavy atom. The molecule has 0 radical (unpaired) electrons. The summed E-state index contributed by atoms with van der Waals surface area (Å²) in [5, 5.41) is 8.70. The van der Waals surface area contributed by atoms with Gasteiger partial charge in [0.2, 0.25) is 0 Å². The van der Waals surface area contributed by atoms with Crippen molar-refractivity contribution in [3.05, 3.63) is 29.3 Å². The predicted molar refractivity (Wildman–Crippen MR) is 68.8 cm³/mol. The molecule has 1 aromatic carbocycles. The molecule has 1 aliphatic heterocycles. The van der Waals surface area contributed by atoms with Crippen LogP contribution in [-0.4, -0.2) is 44.2 Å². The van der Waals surface area contributed by atoms with E-state index in [1.165, 1.54) is 0 Å². The summed E-state index contributed by atoms with van der Waals surface area (Å²) < 4.78 is 28.0. The zero-order chi connectivity index (χ0) is 14.0. The average Bonchev–Trinajstić information content (AvgIpc) is 2.39.